The van der Waals surface area contributed by atoms with Crippen LogP contribution >= 0.6 is 0 Å². The van der Waals surface area contributed by atoms with Gasteiger partial charge < -0.3 is 4.74 Å². The van der Waals surface area contributed by atoms with Gasteiger partial charge in [-0.3, -0.25) is 5.01 Å². The molecule has 0 amide bonds. The minimum Gasteiger partial charge on any atom is -0.407 e. The number of alkyl halides is 3. The highest BCUT2D eigenvalue weighted by atomic mass is 19.4. The highest BCUT2D eigenvalue weighted by Crippen LogP contribution is 2.21. The third-order valence-electron chi connectivity index (χ3n) is 1.03. The number of hydrogen-bond donors (Lipinski definition) is 0. The first kappa shape index (κ1) is 8.19. The Morgan fingerprint density at radius 1 is 1.64 bits per heavy atom. The Labute approximate surface area is 61.4 Å². The first-order valence-electron chi connectivity index (χ1n) is 2.84. The quantitative estimate of drug-likeness (QED) is 0.578. The summed E-state index contributed by atoms with van der Waals surface area (Å²) >= 11 is 0. The maximum atomic E-state index is 11.5. The molecule has 1 heterocycles. The summed E-state index contributed by atoms with van der Waals surface area (Å²) in [6, 6.07) is 0. The molecule has 1 rings (SSSR count). The van der Waals surface area contributed by atoms with Crippen molar-refractivity contribution in [1.82, 2.24) is 10.4 Å². The zero-order valence-electron chi connectivity index (χ0n) is 5.72. The van der Waals surface area contributed by atoms with Crippen molar-refractivity contribution in [1.29, 1.82) is 0 Å². The van der Waals surface area contributed by atoms with Gasteiger partial charge in [-0.25, -0.2) is 0 Å². The molecule has 0 atom stereocenters. The Balaban J connectivity index is 2.45. The minimum atomic E-state index is -4.60. The molecule has 11 heavy (non-hydrogen) atoms. The van der Waals surface area contributed by atoms with E-state index in [2.05, 4.69) is 10.2 Å². The molecule has 6 heteroatoms. The molecule has 1 aliphatic rings. The highest BCUT2D eigenvalue weighted by molar-refractivity contribution is 4.98. The lowest BCUT2D eigenvalue weighted by Crippen LogP contribution is -2.17. The van der Waals surface area contributed by atoms with Gasteiger partial charge in [0, 0.05) is 7.05 Å². The van der Waals surface area contributed by atoms with Gasteiger partial charge >= 0.3 is 6.36 Å². The molecule has 3 nitrogen and oxygen atoms in total. The summed E-state index contributed by atoms with van der Waals surface area (Å²) in [5, 5.41) is 1.28. The van der Waals surface area contributed by atoms with E-state index in [1.54, 1.807) is 0 Å². The molecular weight excluding hydrogens is 161 g/mol. The fraction of sp³-hybridized carbons (Fsp3) is 0.600. The molecule has 0 aromatic rings. The van der Waals surface area contributed by atoms with Gasteiger partial charge in [0.2, 0.25) is 0 Å². The van der Waals surface area contributed by atoms with Gasteiger partial charge in [-0.05, 0) is 0 Å². The zero-order valence-corrected chi connectivity index (χ0v) is 5.72. The summed E-state index contributed by atoms with van der Waals surface area (Å²) in [4.78, 5) is 0. The lowest BCUT2D eigenvalue weighted by atomic mass is 10.6. The van der Waals surface area contributed by atoms with Crippen LogP contribution in [0.2, 0.25) is 0 Å². The molecule has 0 saturated carbocycles. The van der Waals surface area contributed by atoms with Gasteiger partial charge in [0.05, 0.1) is 12.7 Å². The molecular formula is C5H6F3N2O. The van der Waals surface area contributed by atoms with E-state index in [4.69, 9.17) is 0 Å². The van der Waals surface area contributed by atoms with Crippen LogP contribution in [0.15, 0.2) is 12.0 Å². The largest absolute Gasteiger partial charge is 0.572 e. The van der Waals surface area contributed by atoms with Gasteiger partial charge in [0.15, 0.2) is 0 Å². The fourth-order valence-corrected chi connectivity index (χ4v) is 0.679. The lowest BCUT2D eigenvalue weighted by Gasteiger charge is -2.06. The van der Waals surface area contributed by atoms with Crippen molar-refractivity contribution < 1.29 is 17.9 Å². The number of rotatable bonds is 1. The fourth-order valence-electron chi connectivity index (χ4n) is 0.679. The summed E-state index contributed by atoms with van der Waals surface area (Å²) in [5.74, 6) is -0.181. The predicted octanol–water partition coefficient (Wildman–Crippen LogP) is 0.829. The molecule has 0 unspecified atom stereocenters. The molecule has 0 saturated heterocycles. The molecule has 1 radical (unpaired) electrons. The minimum absolute atomic E-state index is 0.0456. The van der Waals surface area contributed by atoms with Crippen molar-refractivity contribution in [2.75, 3.05) is 13.6 Å². The summed E-state index contributed by atoms with van der Waals surface area (Å²) in [6.45, 7) is -0.0456. The molecule has 63 valence electrons. The molecule has 0 fully saturated rings. The smallest absolute Gasteiger partial charge is 0.407 e. The molecule has 0 aromatic carbocycles. The van der Waals surface area contributed by atoms with E-state index in [1.807, 2.05) is 0 Å². The second-order valence-corrected chi connectivity index (χ2v) is 2.02. The number of ether oxygens (including phenoxy) is 1. The van der Waals surface area contributed by atoms with E-state index < -0.39 is 6.36 Å². The number of hydrogen-bond acceptors (Lipinski definition) is 2. The van der Waals surface area contributed by atoms with Crippen molar-refractivity contribution in [2.24, 2.45) is 0 Å². The monoisotopic (exact) mass is 167 g/mol. The molecule has 0 aromatic heterocycles. The Morgan fingerprint density at radius 2 is 2.27 bits per heavy atom. The Hall–Kier alpha value is -0.910. The third kappa shape index (κ3) is 2.67. The lowest BCUT2D eigenvalue weighted by molar-refractivity contribution is -0.305. The van der Waals surface area contributed by atoms with Crippen LogP contribution in [-0.2, 0) is 4.74 Å². The van der Waals surface area contributed by atoms with Gasteiger partial charge in [0.25, 0.3) is 0 Å². The van der Waals surface area contributed by atoms with Crippen molar-refractivity contribution in [3.8, 4) is 0 Å². The van der Waals surface area contributed by atoms with E-state index in [0.717, 1.165) is 0 Å². The third-order valence-corrected chi connectivity index (χ3v) is 1.03. The van der Waals surface area contributed by atoms with E-state index in [9.17, 15) is 13.2 Å². The Kier molecular flexibility index (Phi) is 1.95. The summed E-state index contributed by atoms with van der Waals surface area (Å²) in [5.41, 5.74) is 3.62. The van der Waals surface area contributed by atoms with Crippen molar-refractivity contribution >= 4 is 0 Å². The van der Waals surface area contributed by atoms with Crippen molar-refractivity contribution in [3.63, 3.8) is 0 Å². The Bertz CT molecular complexity index is 177. The van der Waals surface area contributed by atoms with Crippen molar-refractivity contribution in [3.05, 3.63) is 12.0 Å². The van der Waals surface area contributed by atoms with E-state index in [-0.39, 0.29) is 12.3 Å². The maximum Gasteiger partial charge on any atom is 0.572 e. The second kappa shape index (κ2) is 2.61. The first-order valence-corrected chi connectivity index (χ1v) is 2.84. The average Bonchev–Trinajstić information content (AvgIpc) is 2.10. The topological polar surface area (TPSA) is 26.6 Å². The SMILES string of the molecule is CN1C=C(OC(F)(F)F)C[N]1. The zero-order chi connectivity index (χ0) is 8.48. The summed E-state index contributed by atoms with van der Waals surface area (Å²) in [6.07, 6.45) is -3.42. The van der Waals surface area contributed by atoms with Gasteiger partial charge in [-0.1, -0.05) is 0 Å². The van der Waals surface area contributed by atoms with Crippen LogP contribution in [0, 0.1) is 0 Å². The van der Waals surface area contributed by atoms with E-state index >= 15 is 0 Å². The normalized spacial score (nSPS) is 18.5. The molecule has 0 aliphatic carbocycles. The van der Waals surface area contributed by atoms with E-state index in [1.165, 1.54) is 18.3 Å². The van der Waals surface area contributed by atoms with Crippen LogP contribution < -0.4 is 5.43 Å². The van der Waals surface area contributed by atoms with Gasteiger partial charge in [-0.15, -0.1) is 18.6 Å². The Morgan fingerprint density at radius 3 is 2.64 bits per heavy atom. The number of nitrogens with zero attached hydrogens (tertiary/aromatic N) is 2. The van der Waals surface area contributed by atoms with E-state index in [0.29, 0.717) is 0 Å². The van der Waals surface area contributed by atoms with Crippen LogP contribution in [0.3, 0.4) is 0 Å². The van der Waals surface area contributed by atoms with Crippen LogP contribution in [-0.4, -0.2) is 25.0 Å². The molecule has 0 N–H and O–H groups in total. The highest BCUT2D eigenvalue weighted by Gasteiger charge is 2.33. The van der Waals surface area contributed by atoms with Crippen LogP contribution in [0.5, 0.6) is 0 Å². The first-order chi connectivity index (χ1) is 4.97. The maximum absolute atomic E-state index is 11.5. The van der Waals surface area contributed by atoms with Crippen LogP contribution in [0.1, 0.15) is 0 Å². The standard InChI is InChI=1S/C5H6F3N2O/c1-10-3-4(2-9-10)11-5(6,7)8/h3H,2H2,1H3. The van der Waals surface area contributed by atoms with Gasteiger partial charge in [0.1, 0.15) is 5.76 Å². The predicted molar refractivity (Wildman–Crippen MR) is 30.0 cm³/mol. The van der Waals surface area contributed by atoms with Crippen LogP contribution in [0.4, 0.5) is 13.2 Å². The summed E-state index contributed by atoms with van der Waals surface area (Å²) < 4.78 is 38.1. The molecule has 1 aliphatic heterocycles. The molecule has 0 spiro atoms. The number of halogens is 3. The second-order valence-electron chi connectivity index (χ2n) is 2.02. The van der Waals surface area contributed by atoms with Gasteiger partial charge in [-0.2, -0.15) is 0 Å². The average molecular weight is 167 g/mol. The molecule has 0 bridgehead atoms. The summed E-state index contributed by atoms with van der Waals surface area (Å²) in [7, 11) is 1.53. The van der Waals surface area contributed by atoms with Crippen LogP contribution in [0.25, 0.3) is 0 Å². The van der Waals surface area contributed by atoms with Crippen molar-refractivity contribution in [2.45, 2.75) is 6.36 Å².